The highest BCUT2D eigenvalue weighted by Crippen LogP contribution is 2.20. The van der Waals surface area contributed by atoms with E-state index in [-0.39, 0.29) is 5.91 Å². The predicted octanol–water partition coefficient (Wildman–Crippen LogP) is 1.44. The average Bonchev–Trinajstić information content (AvgIpc) is 2.70. The molecular weight excluding hydrogens is 222 g/mol. The Morgan fingerprint density at radius 1 is 1.69 bits per heavy atom. The van der Waals surface area contributed by atoms with Gasteiger partial charge in [-0.2, -0.15) is 0 Å². The largest absolute Gasteiger partial charge is 0.351 e. The van der Waals surface area contributed by atoms with Gasteiger partial charge in [-0.05, 0) is 20.3 Å². The molecule has 1 rings (SSSR count). The van der Waals surface area contributed by atoms with Gasteiger partial charge in [-0.15, -0.1) is 11.3 Å². The summed E-state index contributed by atoms with van der Waals surface area (Å²) in [5.74, 6) is 0.0188. The maximum absolute atomic E-state index is 11.9. The number of hydrogen-bond acceptors (Lipinski definition) is 4. The van der Waals surface area contributed by atoms with E-state index in [0.29, 0.717) is 13.1 Å². The lowest BCUT2D eigenvalue weighted by molar-refractivity contribution is -0.130. The second-order valence-corrected chi connectivity index (χ2v) is 5.10. The molecule has 1 aromatic rings. The van der Waals surface area contributed by atoms with Crippen LogP contribution in [0.1, 0.15) is 30.8 Å². The predicted molar refractivity (Wildman–Crippen MR) is 66.2 cm³/mol. The minimum absolute atomic E-state index is 0.0188. The lowest BCUT2D eigenvalue weighted by Crippen LogP contribution is -2.43. The number of aryl methyl sites for hydroxylation is 1. The smallest absolute Gasteiger partial charge is 0.227 e. The second kappa shape index (κ2) is 5.41. The van der Waals surface area contributed by atoms with Crippen molar-refractivity contribution < 1.29 is 4.79 Å². The number of nitrogens with one attached hydrogen (secondary N) is 1. The molecule has 0 fully saturated rings. The van der Waals surface area contributed by atoms with Gasteiger partial charge in [-0.3, -0.25) is 4.79 Å². The lowest BCUT2D eigenvalue weighted by atomic mass is 9.87. The zero-order valence-corrected chi connectivity index (χ0v) is 10.9. The number of thiazole rings is 1. The van der Waals surface area contributed by atoms with Crippen LogP contribution in [-0.2, 0) is 11.3 Å². The van der Waals surface area contributed by atoms with E-state index in [1.807, 2.05) is 20.8 Å². The molecule has 0 aliphatic carbocycles. The molecule has 0 radical (unpaired) electrons. The molecule has 0 spiro atoms. The Bertz CT molecular complexity index is 358. The van der Waals surface area contributed by atoms with E-state index in [1.54, 1.807) is 16.8 Å². The zero-order valence-electron chi connectivity index (χ0n) is 10.0. The van der Waals surface area contributed by atoms with Gasteiger partial charge < -0.3 is 11.1 Å². The molecule has 1 unspecified atom stereocenters. The Hall–Kier alpha value is -0.940. The summed E-state index contributed by atoms with van der Waals surface area (Å²) in [6.07, 6.45) is 0.747. The highest BCUT2D eigenvalue weighted by Gasteiger charge is 2.29. The van der Waals surface area contributed by atoms with Crippen molar-refractivity contribution in [1.82, 2.24) is 10.3 Å². The highest BCUT2D eigenvalue weighted by molar-refractivity contribution is 7.09. The standard InChI is InChI=1S/C11H19N3OS/c1-4-11(3,6-12)10(15)13-5-9-8(2)14-7-16-9/h7H,4-6,12H2,1-3H3,(H,13,15). The Morgan fingerprint density at radius 2 is 2.38 bits per heavy atom. The van der Waals surface area contributed by atoms with Gasteiger partial charge in [0.25, 0.3) is 0 Å². The van der Waals surface area contributed by atoms with Crippen LogP contribution >= 0.6 is 11.3 Å². The maximum Gasteiger partial charge on any atom is 0.227 e. The third-order valence-electron chi connectivity index (χ3n) is 3.03. The summed E-state index contributed by atoms with van der Waals surface area (Å²) in [5.41, 5.74) is 7.94. The Morgan fingerprint density at radius 3 is 2.81 bits per heavy atom. The fourth-order valence-electron chi connectivity index (χ4n) is 1.27. The lowest BCUT2D eigenvalue weighted by Gasteiger charge is -2.24. The minimum Gasteiger partial charge on any atom is -0.351 e. The Kier molecular flexibility index (Phi) is 4.44. The van der Waals surface area contributed by atoms with Crippen molar-refractivity contribution in [3.05, 3.63) is 16.1 Å². The molecule has 1 heterocycles. The molecule has 0 saturated heterocycles. The molecule has 90 valence electrons. The average molecular weight is 241 g/mol. The van der Waals surface area contributed by atoms with E-state index in [1.165, 1.54) is 0 Å². The van der Waals surface area contributed by atoms with Gasteiger partial charge in [0.2, 0.25) is 5.91 Å². The Balaban J connectivity index is 2.56. The number of rotatable bonds is 5. The first-order chi connectivity index (χ1) is 7.53. The van der Waals surface area contributed by atoms with E-state index >= 15 is 0 Å². The molecule has 1 aromatic heterocycles. The molecule has 0 aliphatic heterocycles. The number of aromatic nitrogens is 1. The monoisotopic (exact) mass is 241 g/mol. The van der Waals surface area contributed by atoms with Crippen molar-refractivity contribution in [2.24, 2.45) is 11.1 Å². The molecule has 4 nitrogen and oxygen atoms in total. The summed E-state index contributed by atoms with van der Waals surface area (Å²) in [5, 5.41) is 2.92. The summed E-state index contributed by atoms with van der Waals surface area (Å²) in [7, 11) is 0. The summed E-state index contributed by atoms with van der Waals surface area (Å²) < 4.78 is 0. The molecule has 3 N–H and O–H groups in total. The van der Waals surface area contributed by atoms with Gasteiger partial charge in [0.1, 0.15) is 0 Å². The first-order valence-electron chi connectivity index (χ1n) is 5.41. The number of carbonyl (C=O) groups excluding carboxylic acids is 1. The van der Waals surface area contributed by atoms with E-state index in [2.05, 4.69) is 10.3 Å². The van der Waals surface area contributed by atoms with Crippen molar-refractivity contribution in [2.75, 3.05) is 6.54 Å². The van der Waals surface area contributed by atoms with Gasteiger partial charge in [0, 0.05) is 11.4 Å². The number of carbonyl (C=O) groups is 1. The third-order valence-corrected chi connectivity index (χ3v) is 3.97. The van der Waals surface area contributed by atoms with Crippen LogP contribution in [0.2, 0.25) is 0 Å². The minimum atomic E-state index is -0.460. The molecule has 1 amide bonds. The van der Waals surface area contributed by atoms with Crippen LogP contribution in [0, 0.1) is 12.3 Å². The number of amides is 1. The van der Waals surface area contributed by atoms with E-state index in [9.17, 15) is 4.79 Å². The summed E-state index contributed by atoms with van der Waals surface area (Å²) in [4.78, 5) is 17.2. The van der Waals surface area contributed by atoms with Gasteiger partial charge in [-0.1, -0.05) is 6.92 Å². The van der Waals surface area contributed by atoms with Crippen LogP contribution in [0.4, 0.5) is 0 Å². The Labute approximate surface area is 100 Å². The SMILES string of the molecule is CCC(C)(CN)C(=O)NCc1scnc1C. The van der Waals surface area contributed by atoms with Crippen LogP contribution in [0.5, 0.6) is 0 Å². The van der Waals surface area contributed by atoms with Crippen LogP contribution in [0.3, 0.4) is 0 Å². The van der Waals surface area contributed by atoms with Crippen LogP contribution in [0.25, 0.3) is 0 Å². The maximum atomic E-state index is 11.9. The van der Waals surface area contributed by atoms with E-state index in [4.69, 9.17) is 5.73 Å². The van der Waals surface area contributed by atoms with Crippen molar-refractivity contribution in [2.45, 2.75) is 33.7 Å². The molecule has 0 aromatic carbocycles. The van der Waals surface area contributed by atoms with Gasteiger partial charge in [0.05, 0.1) is 23.2 Å². The summed E-state index contributed by atoms with van der Waals surface area (Å²) in [6.45, 7) is 6.73. The number of nitrogens with zero attached hydrogens (tertiary/aromatic N) is 1. The van der Waals surface area contributed by atoms with Crippen molar-refractivity contribution >= 4 is 17.2 Å². The van der Waals surface area contributed by atoms with Crippen LogP contribution < -0.4 is 11.1 Å². The second-order valence-electron chi connectivity index (χ2n) is 4.16. The molecular formula is C11H19N3OS. The molecule has 1 atom stereocenters. The van der Waals surface area contributed by atoms with E-state index in [0.717, 1.165) is 17.0 Å². The molecule has 0 aliphatic rings. The van der Waals surface area contributed by atoms with Crippen molar-refractivity contribution in [3.8, 4) is 0 Å². The van der Waals surface area contributed by atoms with Gasteiger partial charge >= 0.3 is 0 Å². The number of nitrogens with two attached hydrogens (primary N) is 1. The molecule has 16 heavy (non-hydrogen) atoms. The summed E-state index contributed by atoms with van der Waals surface area (Å²) in [6, 6.07) is 0. The van der Waals surface area contributed by atoms with Crippen molar-refractivity contribution in [3.63, 3.8) is 0 Å². The molecule has 0 saturated carbocycles. The highest BCUT2D eigenvalue weighted by atomic mass is 32.1. The molecule has 5 heteroatoms. The third kappa shape index (κ3) is 2.80. The summed E-state index contributed by atoms with van der Waals surface area (Å²) >= 11 is 1.56. The van der Waals surface area contributed by atoms with Crippen molar-refractivity contribution in [1.29, 1.82) is 0 Å². The van der Waals surface area contributed by atoms with Gasteiger partial charge in [-0.25, -0.2) is 4.98 Å². The number of hydrogen-bond donors (Lipinski definition) is 2. The van der Waals surface area contributed by atoms with Crippen LogP contribution in [0.15, 0.2) is 5.51 Å². The first kappa shape index (κ1) is 13.1. The first-order valence-corrected chi connectivity index (χ1v) is 6.28. The zero-order chi connectivity index (χ0) is 12.2. The normalized spacial score (nSPS) is 14.5. The van der Waals surface area contributed by atoms with Crippen LogP contribution in [-0.4, -0.2) is 17.4 Å². The van der Waals surface area contributed by atoms with E-state index < -0.39 is 5.41 Å². The van der Waals surface area contributed by atoms with Gasteiger partial charge in [0.15, 0.2) is 0 Å². The topological polar surface area (TPSA) is 68.0 Å². The fraction of sp³-hybridized carbons (Fsp3) is 0.636. The quantitative estimate of drug-likeness (QED) is 0.819. The fourth-order valence-corrected chi connectivity index (χ4v) is 1.98. The molecule has 0 bridgehead atoms.